The summed E-state index contributed by atoms with van der Waals surface area (Å²) in [5, 5.41) is 13.7. The quantitative estimate of drug-likeness (QED) is 0.731. The molecule has 0 radical (unpaired) electrons. The summed E-state index contributed by atoms with van der Waals surface area (Å²) in [6, 6.07) is 6.80. The molecule has 1 unspecified atom stereocenters. The summed E-state index contributed by atoms with van der Waals surface area (Å²) in [7, 11) is 1.80. The minimum atomic E-state index is -0.337. The van der Waals surface area contributed by atoms with Crippen molar-refractivity contribution in [2.45, 2.75) is 13.0 Å². The number of rotatable bonds is 3. The zero-order chi connectivity index (χ0) is 18.1. The van der Waals surface area contributed by atoms with E-state index in [1.165, 1.54) is 0 Å². The predicted octanol–water partition coefficient (Wildman–Crippen LogP) is 1.31. The van der Waals surface area contributed by atoms with E-state index in [4.69, 9.17) is 4.74 Å². The number of fused-ring (bicyclic) bond motifs is 1. The van der Waals surface area contributed by atoms with Crippen LogP contribution in [0.5, 0.6) is 0 Å². The average molecular weight is 353 g/mol. The Labute approximate surface area is 149 Å². The summed E-state index contributed by atoms with van der Waals surface area (Å²) >= 11 is 0. The topological polar surface area (TPSA) is 109 Å². The Morgan fingerprint density at radius 2 is 2.12 bits per heavy atom. The summed E-state index contributed by atoms with van der Waals surface area (Å²) in [6.07, 6.45) is 0. The second-order valence-electron chi connectivity index (χ2n) is 6.12. The second kappa shape index (κ2) is 6.68. The van der Waals surface area contributed by atoms with E-state index in [0.717, 1.165) is 17.0 Å². The van der Waals surface area contributed by atoms with Crippen molar-refractivity contribution >= 4 is 22.8 Å². The standard InChI is InChI=1S/C17H19N7O2/c1-10-7-15(18-2)20-16(19-10)14-9-26-6-5-24(14)17(25)11-3-4-12-13(8-11)22-23-21-12/h3-4,7-8,14H,5-6,9H2,1-2H3,(H,18,19,20)(H,21,22,23). The van der Waals surface area contributed by atoms with Crippen molar-refractivity contribution < 1.29 is 9.53 Å². The molecule has 134 valence electrons. The van der Waals surface area contributed by atoms with Gasteiger partial charge in [-0.05, 0) is 25.1 Å². The number of hydrogen-bond donors (Lipinski definition) is 2. The van der Waals surface area contributed by atoms with Crippen molar-refractivity contribution in [3.8, 4) is 0 Å². The van der Waals surface area contributed by atoms with Crippen LogP contribution in [0.4, 0.5) is 5.82 Å². The van der Waals surface area contributed by atoms with Crippen LogP contribution in [-0.4, -0.2) is 63.0 Å². The summed E-state index contributed by atoms with van der Waals surface area (Å²) in [5.74, 6) is 1.19. The lowest BCUT2D eigenvalue weighted by atomic mass is 10.1. The van der Waals surface area contributed by atoms with E-state index in [0.29, 0.717) is 36.7 Å². The Morgan fingerprint density at radius 1 is 1.27 bits per heavy atom. The van der Waals surface area contributed by atoms with Gasteiger partial charge in [0.2, 0.25) is 0 Å². The minimum Gasteiger partial charge on any atom is -0.377 e. The predicted molar refractivity (Wildman–Crippen MR) is 94.8 cm³/mol. The van der Waals surface area contributed by atoms with Crippen LogP contribution in [0.3, 0.4) is 0 Å². The molecule has 1 saturated heterocycles. The number of aromatic nitrogens is 5. The molecule has 26 heavy (non-hydrogen) atoms. The van der Waals surface area contributed by atoms with Crippen LogP contribution in [0.2, 0.25) is 0 Å². The van der Waals surface area contributed by atoms with Crippen LogP contribution in [0.1, 0.15) is 27.9 Å². The first kappa shape index (κ1) is 16.4. The molecule has 3 heterocycles. The maximum Gasteiger partial charge on any atom is 0.254 e. The van der Waals surface area contributed by atoms with Crippen LogP contribution >= 0.6 is 0 Å². The highest BCUT2D eigenvalue weighted by Crippen LogP contribution is 2.25. The number of nitrogens with one attached hydrogen (secondary N) is 2. The molecule has 3 aromatic rings. The van der Waals surface area contributed by atoms with Gasteiger partial charge in [-0.2, -0.15) is 15.4 Å². The summed E-state index contributed by atoms with van der Waals surface area (Å²) in [6.45, 7) is 3.23. The number of nitrogens with zero attached hydrogens (tertiary/aromatic N) is 5. The van der Waals surface area contributed by atoms with E-state index in [1.54, 1.807) is 30.1 Å². The summed E-state index contributed by atoms with van der Waals surface area (Å²) in [4.78, 5) is 23.9. The van der Waals surface area contributed by atoms with Gasteiger partial charge in [-0.1, -0.05) is 0 Å². The van der Waals surface area contributed by atoms with Crippen molar-refractivity contribution in [3.63, 3.8) is 0 Å². The first-order chi connectivity index (χ1) is 12.7. The zero-order valence-corrected chi connectivity index (χ0v) is 14.6. The number of hydrogen-bond acceptors (Lipinski definition) is 7. The van der Waals surface area contributed by atoms with Crippen molar-refractivity contribution in [1.29, 1.82) is 0 Å². The molecule has 0 saturated carbocycles. The molecule has 1 aromatic carbocycles. The Hall–Kier alpha value is -3.07. The molecule has 4 rings (SSSR count). The van der Waals surface area contributed by atoms with Gasteiger partial charge in [-0.3, -0.25) is 4.79 Å². The highest BCUT2D eigenvalue weighted by atomic mass is 16.5. The number of carbonyl (C=O) groups excluding carboxylic acids is 1. The molecule has 2 N–H and O–H groups in total. The normalized spacial score (nSPS) is 17.5. The second-order valence-corrected chi connectivity index (χ2v) is 6.12. The average Bonchev–Trinajstić information content (AvgIpc) is 3.14. The van der Waals surface area contributed by atoms with Crippen molar-refractivity contribution in [3.05, 3.63) is 41.3 Å². The number of ether oxygens (including phenoxy) is 1. The summed E-state index contributed by atoms with van der Waals surface area (Å²) < 4.78 is 5.60. The van der Waals surface area contributed by atoms with Crippen molar-refractivity contribution in [1.82, 2.24) is 30.3 Å². The molecule has 9 nitrogen and oxygen atoms in total. The van der Waals surface area contributed by atoms with Gasteiger partial charge in [-0.25, -0.2) is 9.97 Å². The zero-order valence-electron chi connectivity index (χ0n) is 14.6. The molecule has 1 fully saturated rings. The minimum absolute atomic E-state index is 0.0979. The fourth-order valence-electron chi connectivity index (χ4n) is 3.07. The molecule has 0 spiro atoms. The third-order valence-corrected chi connectivity index (χ3v) is 4.38. The van der Waals surface area contributed by atoms with Crippen molar-refractivity contribution in [2.24, 2.45) is 0 Å². The van der Waals surface area contributed by atoms with Crippen LogP contribution < -0.4 is 5.32 Å². The third-order valence-electron chi connectivity index (χ3n) is 4.38. The number of benzene rings is 1. The first-order valence-electron chi connectivity index (χ1n) is 8.38. The molecule has 1 aliphatic heterocycles. The molecule has 0 aliphatic carbocycles. The van der Waals surface area contributed by atoms with E-state index in [9.17, 15) is 4.79 Å². The monoisotopic (exact) mass is 353 g/mol. The Balaban J connectivity index is 1.68. The maximum atomic E-state index is 13.1. The largest absolute Gasteiger partial charge is 0.377 e. The number of morpholine rings is 1. The van der Waals surface area contributed by atoms with Gasteiger partial charge >= 0.3 is 0 Å². The highest BCUT2D eigenvalue weighted by molar-refractivity contribution is 5.97. The Morgan fingerprint density at radius 3 is 2.96 bits per heavy atom. The van der Waals surface area contributed by atoms with E-state index in [-0.39, 0.29) is 11.9 Å². The number of aromatic amines is 1. The molecule has 9 heteroatoms. The van der Waals surface area contributed by atoms with Gasteiger partial charge < -0.3 is 15.0 Å². The number of amides is 1. The molecule has 1 amide bonds. The summed E-state index contributed by atoms with van der Waals surface area (Å²) in [5.41, 5.74) is 2.77. The Kier molecular flexibility index (Phi) is 4.21. The highest BCUT2D eigenvalue weighted by Gasteiger charge is 2.32. The van der Waals surface area contributed by atoms with Gasteiger partial charge in [0.05, 0.1) is 13.2 Å². The van der Waals surface area contributed by atoms with E-state index in [1.807, 2.05) is 13.0 Å². The van der Waals surface area contributed by atoms with Gasteiger partial charge in [0.1, 0.15) is 22.9 Å². The SMILES string of the molecule is CNc1cc(C)nc(C2COCCN2C(=O)c2ccc3n[nH]nc3c2)n1. The smallest absolute Gasteiger partial charge is 0.254 e. The fourth-order valence-corrected chi connectivity index (χ4v) is 3.07. The van der Waals surface area contributed by atoms with Gasteiger partial charge in [0.25, 0.3) is 5.91 Å². The lowest BCUT2D eigenvalue weighted by Gasteiger charge is -2.34. The number of anilines is 1. The maximum absolute atomic E-state index is 13.1. The van der Waals surface area contributed by atoms with E-state index >= 15 is 0 Å². The molecule has 1 atom stereocenters. The van der Waals surface area contributed by atoms with Crippen LogP contribution in [0.25, 0.3) is 11.0 Å². The molecular formula is C17H19N7O2. The molecule has 2 aromatic heterocycles. The molecule has 1 aliphatic rings. The fraction of sp³-hybridized carbons (Fsp3) is 0.353. The van der Waals surface area contributed by atoms with Crippen LogP contribution in [0.15, 0.2) is 24.3 Å². The third kappa shape index (κ3) is 2.97. The number of aryl methyl sites for hydroxylation is 1. The van der Waals surface area contributed by atoms with E-state index in [2.05, 4.69) is 30.7 Å². The lowest BCUT2D eigenvalue weighted by molar-refractivity contribution is -0.00522. The number of H-pyrrole nitrogens is 1. The lowest BCUT2D eigenvalue weighted by Crippen LogP contribution is -2.44. The van der Waals surface area contributed by atoms with Crippen molar-refractivity contribution in [2.75, 3.05) is 32.1 Å². The molecule has 0 bridgehead atoms. The van der Waals surface area contributed by atoms with Gasteiger partial charge in [-0.15, -0.1) is 0 Å². The number of carbonyl (C=O) groups is 1. The van der Waals surface area contributed by atoms with Crippen LogP contribution in [0, 0.1) is 6.92 Å². The van der Waals surface area contributed by atoms with Crippen LogP contribution in [-0.2, 0) is 4.74 Å². The van der Waals surface area contributed by atoms with Gasteiger partial charge in [0, 0.05) is 30.9 Å². The molecular weight excluding hydrogens is 334 g/mol. The van der Waals surface area contributed by atoms with Gasteiger partial charge in [0.15, 0.2) is 5.82 Å². The first-order valence-corrected chi connectivity index (χ1v) is 8.38. The van der Waals surface area contributed by atoms with E-state index < -0.39 is 0 Å². The Bertz CT molecular complexity index is 955.